The van der Waals surface area contributed by atoms with Crippen molar-refractivity contribution in [1.82, 2.24) is 19.2 Å². The molecule has 0 spiro atoms. The minimum Gasteiger partial charge on any atom is -0.480 e. The van der Waals surface area contributed by atoms with Gasteiger partial charge in [0.2, 0.25) is 0 Å². The molecule has 0 fully saturated rings. The summed E-state index contributed by atoms with van der Waals surface area (Å²) in [6.07, 6.45) is 3.91. The maximum atomic E-state index is 13.4. The number of aryl methyl sites for hydroxylation is 1. The van der Waals surface area contributed by atoms with Gasteiger partial charge < -0.3 is 9.67 Å². The Bertz CT molecular complexity index is 1570. The summed E-state index contributed by atoms with van der Waals surface area (Å²) in [6.45, 7) is 2.01. The SMILES string of the molecule is CCc1nn2c(ncc3c(=O)n([C@H](Cc4ccccc4)C(=O)O)ccc32)c1-c1ccc(Cl)cc1. The highest BCUT2D eigenvalue weighted by atomic mass is 35.5. The number of carboxylic acids is 1. The van der Waals surface area contributed by atoms with E-state index in [4.69, 9.17) is 16.7 Å². The Balaban J connectivity index is 1.67. The summed E-state index contributed by atoms with van der Waals surface area (Å²) >= 11 is 6.06. The van der Waals surface area contributed by atoms with Crippen LogP contribution in [0.2, 0.25) is 5.02 Å². The number of pyridine rings is 1. The van der Waals surface area contributed by atoms with E-state index in [0.717, 1.165) is 22.4 Å². The molecule has 1 N–H and O–H groups in total. The minimum absolute atomic E-state index is 0.194. The molecule has 3 aromatic heterocycles. The molecule has 8 heteroatoms. The molecule has 0 bridgehead atoms. The summed E-state index contributed by atoms with van der Waals surface area (Å²) in [7, 11) is 0. The zero-order valence-electron chi connectivity index (χ0n) is 18.4. The standard InChI is InChI=1S/C26H21ClN4O3/c1-2-20-23(17-8-10-18(27)11-9-17)24-28-15-19-21(31(24)29-20)12-13-30(25(19)32)22(26(33)34)14-16-6-4-3-5-7-16/h3-13,15,22H,2,14H2,1H3,(H,33,34)/t22-/m1/s1. The van der Waals surface area contributed by atoms with Gasteiger partial charge >= 0.3 is 5.97 Å². The summed E-state index contributed by atoms with van der Waals surface area (Å²) < 4.78 is 2.92. The van der Waals surface area contributed by atoms with Gasteiger partial charge in [0, 0.05) is 29.4 Å². The number of aromatic nitrogens is 4. The van der Waals surface area contributed by atoms with E-state index in [1.807, 2.05) is 61.5 Å². The van der Waals surface area contributed by atoms with Crippen LogP contribution in [0.25, 0.3) is 27.7 Å². The van der Waals surface area contributed by atoms with Crippen LogP contribution in [0.15, 0.2) is 77.9 Å². The Labute approximate surface area is 199 Å². The van der Waals surface area contributed by atoms with Gasteiger partial charge in [-0.15, -0.1) is 0 Å². The van der Waals surface area contributed by atoms with Gasteiger partial charge in [-0.1, -0.05) is 61.0 Å². The van der Waals surface area contributed by atoms with Crippen molar-refractivity contribution in [1.29, 1.82) is 0 Å². The number of nitrogens with zero attached hydrogens (tertiary/aromatic N) is 4. The highest BCUT2D eigenvalue weighted by molar-refractivity contribution is 6.30. The zero-order valence-corrected chi connectivity index (χ0v) is 19.1. The van der Waals surface area contributed by atoms with Crippen molar-refractivity contribution < 1.29 is 9.90 Å². The number of hydrogen-bond donors (Lipinski definition) is 1. The summed E-state index contributed by atoms with van der Waals surface area (Å²) in [5.74, 6) is -1.07. The second-order valence-electron chi connectivity index (χ2n) is 8.05. The number of rotatable bonds is 6. The van der Waals surface area contributed by atoms with Crippen molar-refractivity contribution in [2.45, 2.75) is 25.8 Å². The second-order valence-corrected chi connectivity index (χ2v) is 8.48. The van der Waals surface area contributed by atoms with Crippen LogP contribution in [0.3, 0.4) is 0 Å². The number of hydrogen-bond acceptors (Lipinski definition) is 4. The summed E-state index contributed by atoms with van der Waals surface area (Å²) in [5.41, 5.74) is 4.29. The molecule has 0 aliphatic heterocycles. The highest BCUT2D eigenvalue weighted by Crippen LogP contribution is 2.30. The molecule has 3 heterocycles. The lowest BCUT2D eigenvalue weighted by Crippen LogP contribution is -2.31. The van der Waals surface area contributed by atoms with E-state index < -0.39 is 17.6 Å². The highest BCUT2D eigenvalue weighted by Gasteiger charge is 2.23. The van der Waals surface area contributed by atoms with Gasteiger partial charge in [0.15, 0.2) is 5.65 Å². The van der Waals surface area contributed by atoms with Gasteiger partial charge in [-0.2, -0.15) is 5.10 Å². The van der Waals surface area contributed by atoms with Crippen molar-refractivity contribution in [2.75, 3.05) is 0 Å². The maximum absolute atomic E-state index is 13.4. The Morgan fingerprint density at radius 1 is 1.09 bits per heavy atom. The normalized spacial score (nSPS) is 12.3. The Kier molecular flexibility index (Phi) is 5.63. The molecular formula is C26H21ClN4O3. The predicted molar refractivity (Wildman–Crippen MR) is 131 cm³/mol. The number of benzene rings is 2. The van der Waals surface area contributed by atoms with Crippen molar-refractivity contribution in [2.24, 2.45) is 0 Å². The molecule has 0 saturated heterocycles. The third-order valence-electron chi connectivity index (χ3n) is 5.97. The third-order valence-corrected chi connectivity index (χ3v) is 6.22. The van der Waals surface area contributed by atoms with Crippen LogP contribution in [0.1, 0.15) is 24.2 Å². The van der Waals surface area contributed by atoms with Gasteiger partial charge in [0.1, 0.15) is 6.04 Å². The quantitative estimate of drug-likeness (QED) is 0.383. The summed E-state index contributed by atoms with van der Waals surface area (Å²) in [6, 6.07) is 17.4. The Hall–Kier alpha value is -3.97. The van der Waals surface area contributed by atoms with Crippen molar-refractivity contribution in [3.8, 4) is 11.1 Å². The van der Waals surface area contributed by atoms with E-state index in [2.05, 4.69) is 4.98 Å². The molecule has 1 atom stereocenters. The van der Waals surface area contributed by atoms with Crippen LogP contribution >= 0.6 is 11.6 Å². The van der Waals surface area contributed by atoms with E-state index in [0.29, 0.717) is 28.0 Å². The smallest absolute Gasteiger partial charge is 0.327 e. The van der Waals surface area contributed by atoms with Crippen LogP contribution in [-0.4, -0.2) is 30.2 Å². The average molecular weight is 473 g/mol. The summed E-state index contributed by atoms with van der Waals surface area (Å²) in [4.78, 5) is 30.0. The van der Waals surface area contributed by atoms with Crippen LogP contribution in [0.5, 0.6) is 0 Å². The predicted octanol–water partition coefficient (Wildman–Crippen LogP) is 4.80. The number of aliphatic carboxylic acids is 1. The molecule has 5 aromatic rings. The number of carboxylic acid groups (broad SMARTS) is 1. The van der Waals surface area contributed by atoms with Gasteiger partial charge in [0.25, 0.3) is 5.56 Å². The largest absolute Gasteiger partial charge is 0.480 e. The molecule has 7 nitrogen and oxygen atoms in total. The molecule has 0 aliphatic carbocycles. The number of fused-ring (bicyclic) bond motifs is 3. The first kappa shape index (κ1) is 21.9. The molecular weight excluding hydrogens is 452 g/mol. The number of halogens is 1. The molecule has 34 heavy (non-hydrogen) atoms. The minimum atomic E-state index is -1.07. The van der Waals surface area contributed by atoms with Gasteiger partial charge in [-0.25, -0.2) is 14.3 Å². The molecule has 0 aliphatic rings. The fourth-order valence-corrected chi connectivity index (χ4v) is 4.40. The van der Waals surface area contributed by atoms with Crippen molar-refractivity contribution in [3.63, 3.8) is 0 Å². The van der Waals surface area contributed by atoms with Crippen LogP contribution in [-0.2, 0) is 17.6 Å². The van der Waals surface area contributed by atoms with Crippen molar-refractivity contribution in [3.05, 3.63) is 99.7 Å². The molecule has 2 aromatic carbocycles. The zero-order chi connectivity index (χ0) is 23.8. The topological polar surface area (TPSA) is 89.5 Å². The molecule has 5 rings (SSSR count). The average Bonchev–Trinajstić information content (AvgIpc) is 3.23. The lowest BCUT2D eigenvalue weighted by molar-refractivity contribution is -0.141. The first-order valence-electron chi connectivity index (χ1n) is 10.9. The monoisotopic (exact) mass is 472 g/mol. The Morgan fingerprint density at radius 3 is 2.50 bits per heavy atom. The molecule has 0 saturated carbocycles. The van der Waals surface area contributed by atoms with E-state index in [1.54, 1.807) is 10.6 Å². The van der Waals surface area contributed by atoms with Gasteiger partial charge in [-0.05, 0) is 35.7 Å². The van der Waals surface area contributed by atoms with Crippen LogP contribution in [0, 0.1) is 0 Å². The lowest BCUT2D eigenvalue weighted by Gasteiger charge is -2.16. The van der Waals surface area contributed by atoms with Gasteiger partial charge in [-0.3, -0.25) is 4.79 Å². The lowest BCUT2D eigenvalue weighted by atomic mass is 10.0. The van der Waals surface area contributed by atoms with Crippen LogP contribution in [0.4, 0.5) is 0 Å². The fraction of sp³-hybridized carbons (Fsp3) is 0.154. The second kappa shape index (κ2) is 8.76. The van der Waals surface area contributed by atoms with E-state index in [-0.39, 0.29) is 6.42 Å². The molecule has 0 radical (unpaired) electrons. The summed E-state index contributed by atoms with van der Waals surface area (Å²) in [5, 5.41) is 15.6. The van der Waals surface area contributed by atoms with Crippen molar-refractivity contribution >= 4 is 34.1 Å². The molecule has 170 valence electrons. The van der Waals surface area contributed by atoms with E-state index in [1.165, 1.54) is 17.0 Å². The molecule has 0 amide bonds. The number of carbonyl (C=O) groups is 1. The maximum Gasteiger partial charge on any atom is 0.327 e. The van der Waals surface area contributed by atoms with Gasteiger partial charge in [0.05, 0.1) is 16.6 Å². The van der Waals surface area contributed by atoms with Crippen LogP contribution < -0.4 is 5.56 Å². The van der Waals surface area contributed by atoms with E-state index >= 15 is 0 Å². The molecule has 0 unspecified atom stereocenters. The Morgan fingerprint density at radius 2 is 1.82 bits per heavy atom. The first-order valence-corrected chi connectivity index (χ1v) is 11.3. The van der Waals surface area contributed by atoms with E-state index in [9.17, 15) is 14.7 Å². The first-order chi connectivity index (χ1) is 16.5. The fourth-order valence-electron chi connectivity index (χ4n) is 4.28. The third kappa shape index (κ3) is 3.74.